The maximum atomic E-state index is 12.4. The van der Waals surface area contributed by atoms with E-state index in [2.05, 4.69) is 34.0 Å². The molecule has 0 aliphatic carbocycles. The van der Waals surface area contributed by atoms with Crippen molar-refractivity contribution in [1.29, 1.82) is 0 Å². The maximum absolute atomic E-state index is 12.4. The number of thioether (sulfide) groups is 1. The lowest BCUT2D eigenvalue weighted by Gasteiger charge is -2.09. The van der Waals surface area contributed by atoms with Crippen LogP contribution in [0.15, 0.2) is 66.9 Å². The van der Waals surface area contributed by atoms with Crippen LogP contribution >= 0.6 is 11.8 Å². The van der Waals surface area contributed by atoms with Crippen molar-refractivity contribution in [2.75, 3.05) is 30.5 Å². The van der Waals surface area contributed by atoms with Gasteiger partial charge in [-0.3, -0.25) is 4.79 Å². The molecule has 150 valence electrons. The number of carbonyl (C=O) groups excluding carboxylic acids is 1. The number of carbonyl (C=O) groups is 1. The molecule has 0 saturated carbocycles. The van der Waals surface area contributed by atoms with Crippen LogP contribution in [0.4, 0.5) is 11.5 Å². The normalized spacial score (nSPS) is 10.4. The summed E-state index contributed by atoms with van der Waals surface area (Å²) in [5.74, 6) is 2.44. The molecule has 0 spiro atoms. The van der Waals surface area contributed by atoms with Gasteiger partial charge in [0.1, 0.15) is 11.6 Å². The van der Waals surface area contributed by atoms with Crippen molar-refractivity contribution < 1.29 is 9.53 Å². The van der Waals surface area contributed by atoms with Gasteiger partial charge in [0, 0.05) is 17.9 Å². The van der Waals surface area contributed by atoms with Crippen LogP contribution in [0.5, 0.6) is 5.75 Å². The highest BCUT2D eigenvalue weighted by atomic mass is 32.2. The first-order chi connectivity index (χ1) is 14.2. The number of hydrogen-bond donors (Lipinski definition) is 2. The SMILES string of the molecule is COc1ccc(CCNc2ccc(NC(=O)c3ccc(CSC)cc3)cn2)cc1. The topological polar surface area (TPSA) is 63.2 Å². The number of nitrogens with zero attached hydrogens (tertiary/aromatic N) is 1. The molecule has 29 heavy (non-hydrogen) atoms. The quantitative estimate of drug-likeness (QED) is 0.530. The Bertz CT molecular complexity index is 910. The lowest BCUT2D eigenvalue weighted by molar-refractivity contribution is 0.102. The van der Waals surface area contributed by atoms with E-state index in [1.54, 1.807) is 25.1 Å². The Morgan fingerprint density at radius 2 is 1.72 bits per heavy atom. The van der Waals surface area contributed by atoms with Crippen molar-refractivity contribution in [3.05, 3.63) is 83.6 Å². The number of aromatic nitrogens is 1. The fourth-order valence-electron chi connectivity index (χ4n) is 2.82. The van der Waals surface area contributed by atoms with Crippen molar-refractivity contribution in [2.24, 2.45) is 0 Å². The van der Waals surface area contributed by atoms with E-state index in [-0.39, 0.29) is 5.91 Å². The largest absolute Gasteiger partial charge is 0.497 e. The Morgan fingerprint density at radius 3 is 2.34 bits per heavy atom. The zero-order valence-electron chi connectivity index (χ0n) is 16.6. The van der Waals surface area contributed by atoms with Crippen LogP contribution in [-0.4, -0.2) is 30.8 Å². The van der Waals surface area contributed by atoms with Crippen molar-refractivity contribution in [2.45, 2.75) is 12.2 Å². The van der Waals surface area contributed by atoms with Crippen LogP contribution in [0, 0.1) is 0 Å². The average Bonchev–Trinajstić information content (AvgIpc) is 2.76. The van der Waals surface area contributed by atoms with Crippen LogP contribution in [0.1, 0.15) is 21.5 Å². The molecule has 2 aromatic carbocycles. The van der Waals surface area contributed by atoms with Gasteiger partial charge < -0.3 is 15.4 Å². The Morgan fingerprint density at radius 1 is 1.00 bits per heavy atom. The van der Waals surface area contributed by atoms with Gasteiger partial charge in [0.05, 0.1) is 19.0 Å². The third kappa shape index (κ3) is 6.26. The molecule has 2 N–H and O–H groups in total. The summed E-state index contributed by atoms with van der Waals surface area (Å²) in [4.78, 5) is 16.7. The highest BCUT2D eigenvalue weighted by Gasteiger charge is 2.06. The van der Waals surface area contributed by atoms with Crippen LogP contribution in [0.25, 0.3) is 0 Å². The van der Waals surface area contributed by atoms with Crippen molar-refractivity contribution >= 4 is 29.2 Å². The predicted octanol–water partition coefficient (Wildman–Crippen LogP) is 4.86. The third-order valence-electron chi connectivity index (χ3n) is 4.43. The van der Waals surface area contributed by atoms with Gasteiger partial charge >= 0.3 is 0 Å². The molecule has 1 aromatic heterocycles. The third-order valence-corrected chi connectivity index (χ3v) is 5.05. The number of ether oxygens (including phenoxy) is 1. The Balaban J connectivity index is 1.48. The number of amides is 1. The van der Waals surface area contributed by atoms with Gasteiger partial charge in [-0.15, -0.1) is 0 Å². The van der Waals surface area contributed by atoms with E-state index >= 15 is 0 Å². The molecule has 0 bridgehead atoms. The summed E-state index contributed by atoms with van der Waals surface area (Å²) in [6, 6.07) is 19.4. The standard InChI is InChI=1S/C23H25N3O2S/c1-28-21-10-5-17(6-11-21)13-14-24-22-12-9-20(15-25-22)26-23(27)19-7-3-18(4-8-19)16-29-2/h3-12,15H,13-14,16H2,1-2H3,(H,24,25)(H,26,27). The molecule has 1 heterocycles. The van der Waals surface area contributed by atoms with Crippen LogP contribution in [0.3, 0.4) is 0 Å². The minimum absolute atomic E-state index is 0.136. The molecular weight excluding hydrogens is 382 g/mol. The Labute approximate surface area is 175 Å². The fourth-order valence-corrected chi connectivity index (χ4v) is 3.35. The molecule has 3 aromatic rings. The predicted molar refractivity (Wildman–Crippen MR) is 121 cm³/mol. The molecule has 0 aliphatic rings. The highest BCUT2D eigenvalue weighted by molar-refractivity contribution is 7.97. The number of anilines is 2. The molecule has 0 fully saturated rings. The van der Waals surface area contributed by atoms with E-state index in [9.17, 15) is 4.79 Å². The van der Waals surface area contributed by atoms with Crippen LogP contribution in [0.2, 0.25) is 0 Å². The van der Waals surface area contributed by atoms with E-state index in [4.69, 9.17) is 4.74 Å². The molecule has 6 heteroatoms. The second kappa shape index (κ2) is 10.5. The molecule has 1 amide bonds. The van der Waals surface area contributed by atoms with E-state index in [0.717, 1.165) is 30.3 Å². The van der Waals surface area contributed by atoms with Crippen molar-refractivity contribution in [3.8, 4) is 5.75 Å². The van der Waals surface area contributed by atoms with Gasteiger partial charge in [-0.1, -0.05) is 24.3 Å². The Hall–Kier alpha value is -2.99. The second-order valence-electron chi connectivity index (χ2n) is 6.54. The number of rotatable bonds is 9. The summed E-state index contributed by atoms with van der Waals surface area (Å²) in [6.07, 6.45) is 4.61. The number of methoxy groups -OCH3 is 1. The van der Waals surface area contributed by atoms with Crippen LogP contribution < -0.4 is 15.4 Å². The summed E-state index contributed by atoms with van der Waals surface area (Å²) in [5, 5.41) is 6.18. The molecule has 0 unspecified atom stereocenters. The maximum Gasteiger partial charge on any atom is 0.255 e. The van der Waals surface area contributed by atoms with Gasteiger partial charge in [0.15, 0.2) is 0 Å². The number of pyridine rings is 1. The second-order valence-corrected chi connectivity index (χ2v) is 7.41. The van der Waals surface area contributed by atoms with Crippen LogP contribution in [-0.2, 0) is 12.2 Å². The molecule has 0 radical (unpaired) electrons. The first kappa shape index (κ1) is 20.7. The van der Waals surface area contributed by atoms with Gasteiger partial charge in [0.2, 0.25) is 0 Å². The van der Waals surface area contributed by atoms with E-state index < -0.39 is 0 Å². The minimum Gasteiger partial charge on any atom is -0.497 e. The van der Waals surface area contributed by atoms with E-state index in [0.29, 0.717) is 11.3 Å². The number of benzene rings is 2. The Kier molecular flexibility index (Phi) is 7.53. The van der Waals surface area contributed by atoms with Gasteiger partial charge in [0.25, 0.3) is 5.91 Å². The highest BCUT2D eigenvalue weighted by Crippen LogP contribution is 2.15. The van der Waals surface area contributed by atoms with Gasteiger partial charge in [-0.05, 0) is 60.2 Å². The van der Waals surface area contributed by atoms with E-state index in [1.165, 1.54) is 11.1 Å². The smallest absolute Gasteiger partial charge is 0.255 e. The monoisotopic (exact) mass is 407 g/mol. The molecule has 0 atom stereocenters. The molecular formula is C23H25N3O2S. The average molecular weight is 408 g/mol. The van der Waals surface area contributed by atoms with Crippen molar-refractivity contribution in [1.82, 2.24) is 4.98 Å². The van der Waals surface area contributed by atoms with Crippen molar-refractivity contribution in [3.63, 3.8) is 0 Å². The lowest BCUT2D eigenvalue weighted by Crippen LogP contribution is -2.12. The molecule has 0 aliphatic heterocycles. The van der Waals surface area contributed by atoms with Gasteiger partial charge in [-0.2, -0.15) is 11.8 Å². The van der Waals surface area contributed by atoms with Gasteiger partial charge in [-0.25, -0.2) is 4.98 Å². The van der Waals surface area contributed by atoms with E-state index in [1.807, 2.05) is 48.5 Å². The minimum atomic E-state index is -0.136. The zero-order valence-corrected chi connectivity index (χ0v) is 17.5. The summed E-state index contributed by atoms with van der Waals surface area (Å²) >= 11 is 1.76. The summed E-state index contributed by atoms with van der Waals surface area (Å²) in [7, 11) is 1.66. The molecule has 5 nitrogen and oxygen atoms in total. The summed E-state index contributed by atoms with van der Waals surface area (Å²) in [5.41, 5.74) is 3.74. The zero-order chi connectivity index (χ0) is 20.5. The summed E-state index contributed by atoms with van der Waals surface area (Å²) in [6.45, 7) is 0.771. The first-order valence-electron chi connectivity index (χ1n) is 9.40. The number of nitrogens with one attached hydrogen (secondary N) is 2. The number of hydrogen-bond acceptors (Lipinski definition) is 5. The summed E-state index contributed by atoms with van der Waals surface area (Å²) < 4.78 is 5.17. The first-order valence-corrected chi connectivity index (χ1v) is 10.8. The fraction of sp³-hybridized carbons (Fsp3) is 0.217. The lowest BCUT2D eigenvalue weighted by atomic mass is 10.1. The molecule has 3 rings (SSSR count). The molecule has 0 saturated heterocycles.